The summed E-state index contributed by atoms with van der Waals surface area (Å²) in [5.41, 5.74) is 1.82. The Morgan fingerprint density at radius 2 is 1.50 bits per heavy atom. The van der Waals surface area contributed by atoms with E-state index in [1.807, 2.05) is 30.3 Å². The summed E-state index contributed by atoms with van der Waals surface area (Å²) in [6, 6.07) is 14.2. The Labute approximate surface area is 151 Å². The lowest BCUT2D eigenvalue weighted by molar-refractivity contribution is -0.117. The lowest BCUT2D eigenvalue weighted by atomic mass is 10.1. The summed E-state index contributed by atoms with van der Waals surface area (Å²) < 4.78 is 9.39. The molecule has 1 saturated carbocycles. The van der Waals surface area contributed by atoms with Crippen LogP contribution in [0.5, 0.6) is 0 Å². The minimum Gasteiger partial charge on any atom is -0.465 e. The van der Waals surface area contributed by atoms with E-state index < -0.39 is 11.9 Å². The Morgan fingerprint density at radius 1 is 0.923 bits per heavy atom. The zero-order valence-corrected chi connectivity index (χ0v) is 14.5. The van der Waals surface area contributed by atoms with Crippen molar-refractivity contribution in [1.82, 2.24) is 0 Å². The molecule has 0 heterocycles. The molecule has 1 fully saturated rings. The third-order valence-corrected chi connectivity index (χ3v) is 4.40. The first-order valence-electron chi connectivity index (χ1n) is 8.21. The predicted molar refractivity (Wildman–Crippen MR) is 95.0 cm³/mol. The van der Waals surface area contributed by atoms with Crippen molar-refractivity contribution in [2.24, 2.45) is 5.92 Å². The van der Waals surface area contributed by atoms with Gasteiger partial charge in [-0.05, 0) is 36.1 Å². The Morgan fingerprint density at radius 3 is 2.04 bits per heavy atom. The molecule has 0 radical (unpaired) electrons. The number of esters is 2. The summed E-state index contributed by atoms with van der Waals surface area (Å²) in [5, 5.41) is 2.79. The van der Waals surface area contributed by atoms with Crippen LogP contribution < -0.4 is 5.32 Å². The average molecular weight is 353 g/mol. The number of hydrogen-bond acceptors (Lipinski definition) is 5. The van der Waals surface area contributed by atoms with Gasteiger partial charge in [-0.15, -0.1) is 0 Å². The molecule has 6 nitrogen and oxygen atoms in total. The molecule has 1 aliphatic carbocycles. The first-order chi connectivity index (χ1) is 12.5. The second-order valence-electron chi connectivity index (χ2n) is 6.13. The fourth-order valence-electron chi connectivity index (χ4n) is 2.96. The number of anilines is 1. The van der Waals surface area contributed by atoms with Crippen LogP contribution in [0.15, 0.2) is 48.5 Å². The minimum atomic E-state index is -0.597. The molecular weight excluding hydrogens is 334 g/mol. The molecule has 1 amide bonds. The SMILES string of the molecule is COC(=O)c1cc(NC(=O)[C@H]2C[C@@H]2c2ccccc2)cc(C(=O)OC)c1. The van der Waals surface area contributed by atoms with Crippen LogP contribution in [-0.4, -0.2) is 32.1 Å². The average Bonchev–Trinajstić information content (AvgIpc) is 3.48. The molecule has 1 N–H and O–H groups in total. The molecule has 0 unspecified atom stereocenters. The lowest BCUT2D eigenvalue weighted by Crippen LogP contribution is -2.16. The highest BCUT2D eigenvalue weighted by molar-refractivity contribution is 6.00. The molecule has 0 aromatic heterocycles. The molecule has 134 valence electrons. The van der Waals surface area contributed by atoms with Gasteiger partial charge in [0.1, 0.15) is 0 Å². The first kappa shape index (κ1) is 17.7. The monoisotopic (exact) mass is 353 g/mol. The summed E-state index contributed by atoms with van der Waals surface area (Å²) >= 11 is 0. The van der Waals surface area contributed by atoms with Gasteiger partial charge in [0.2, 0.25) is 5.91 Å². The van der Waals surface area contributed by atoms with Gasteiger partial charge in [-0.3, -0.25) is 4.79 Å². The highest BCUT2D eigenvalue weighted by Gasteiger charge is 2.43. The van der Waals surface area contributed by atoms with Gasteiger partial charge in [0.15, 0.2) is 0 Å². The van der Waals surface area contributed by atoms with Crippen LogP contribution in [0, 0.1) is 5.92 Å². The number of amides is 1. The highest BCUT2D eigenvalue weighted by atomic mass is 16.5. The van der Waals surface area contributed by atoms with E-state index in [1.165, 1.54) is 32.4 Å². The molecule has 2 aromatic carbocycles. The van der Waals surface area contributed by atoms with Crippen molar-refractivity contribution in [3.8, 4) is 0 Å². The standard InChI is InChI=1S/C20H19NO5/c1-25-19(23)13-8-14(20(24)26-2)10-15(9-13)21-18(22)17-11-16(17)12-6-4-3-5-7-12/h3-10,16-17H,11H2,1-2H3,(H,21,22)/t16-,17+/m1/s1. The van der Waals surface area contributed by atoms with Crippen LogP contribution in [0.25, 0.3) is 0 Å². The zero-order valence-electron chi connectivity index (χ0n) is 14.5. The molecule has 0 spiro atoms. The van der Waals surface area contributed by atoms with Gasteiger partial charge in [0, 0.05) is 11.6 Å². The van der Waals surface area contributed by atoms with E-state index in [4.69, 9.17) is 9.47 Å². The molecule has 0 aliphatic heterocycles. The normalized spacial score (nSPS) is 17.9. The van der Waals surface area contributed by atoms with Gasteiger partial charge < -0.3 is 14.8 Å². The molecule has 2 atom stereocenters. The van der Waals surface area contributed by atoms with Crippen LogP contribution in [-0.2, 0) is 14.3 Å². The third-order valence-electron chi connectivity index (χ3n) is 4.40. The van der Waals surface area contributed by atoms with Crippen LogP contribution >= 0.6 is 0 Å². The van der Waals surface area contributed by atoms with Crippen molar-refractivity contribution in [3.05, 3.63) is 65.2 Å². The summed E-state index contributed by atoms with van der Waals surface area (Å²) in [5.74, 6) is -1.27. The summed E-state index contributed by atoms with van der Waals surface area (Å²) in [4.78, 5) is 36.1. The first-order valence-corrected chi connectivity index (χ1v) is 8.21. The number of benzene rings is 2. The third kappa shape index (κ3) is 3.74. The maximum absolute atomic E-state index is 12.5. The number of carbonyl (C=O) groups excluding carboxylic acids is 3. The van der Waals surface area contributed by atoms with Crippen molar-refractivity contribution in [2.75, 3.05) is 19.5 Å². The van der Waals surface area contributed by atoms with E-state index in [1.54, 1.807) is 0 Å². The van der Waals surface area contributed by atoms with E-state index in [9.17, 15) is 14.4 Å². The van der Waals surface area contributed by atoms with E-state index in [0.29, 0.717) is 5.69 Å². The number of methoxy groups -OCH3 is 2. The molecule has 0 saturated heterocycles. The van der Waals surface area contributed by atoms with Crippen molar-refractivity contribution in [3.63, 3.8) is 0 Å². The predicted octanol–water partition coefficient (Wildman–Crippen LogP) is 3.00. The quantitative estimate of drug-likeness (QED) is 0.836. The van der Waals surface area contributed by atoms with E-state index >= 15 is 0 Å². The van der Waals surface area contributed by atoms with Gasteiger partial charge in [-0.1, -0.05) is 30.3 Å². The molecule has 0 bridgehead atoms. The number of rotatable bonds is 5. The van der Waals surface area contributed by atoms with Crippen molar-refractivity contribution >= 4 is 23.5 Å². The molecule has 6 heteroatoms. The van der Waals surface area contributed by atoms with Gasteiger partial charge in [0.05, 0.1) is 25.3 Å². The lowest BCUT2D eigenvalue weighted by Gasteiger charge is -2.09. The fourth-order valence-corrected chi connectivity index (χ4v) is 2.96. The summed E-state index contributed by atoms with van der Waals surface area (Å²) in [6.07, 6.45) is 0.774. The maximum atomic E-state index is 12.5. The van der Waals surface area contributed by atoms with Crippen LogP contribution in [0.3, 0.4) is 0 Å². The number of nitrogens with one attached hydrogen (secondary N) is 1. The Hall–Kier alpha value is -3.15. The molecule has 26 heavy (non-hydrogen) atoms. The van der Waals surface area contributed by atoms with Crippen molar-refractivity contribution in [1.29, 1.82) is 0 Å². The molecular formula is C20H19NO5. The van der Waals surface area contributed by atoms with Gasteiger partial charge in [-0.25, -0.2) is 9.59 Å². The van der Waals surface area contributed by atoms with E-state index in [2.05, 4.69) is 5.32 Å². The smallest absolute Gasteiger partial charge is 0.337 e. The Kier molecular flexibility index (Phi) is 5.02. The summed E-state index contributed by atoms with van der Waals surface area (Å²) in [6.45, 7) is 0. The Balaban J connectivity index is 1.77. The molecule has 2 aromatic rings. The fraction of sp³-hybridized carbons (Fsp3) is 0.250. The van der Waals surface area contributed by atoms with Crippen LogP contribution in [0.1, 0.15) is 38.6 Å². The second-order valence-corrected chi connectivity index (χ2v) is 6.13. The highest BCUT2D eigenvalue weighted by Crippen LogP contribution is 2.47. The topological polar surface area (TPSA) is 81.7 Å². The number of ether oxygens (including phenoxy) is 2. The molecule has 3 rings (SSSR count). The summed E-state index contributed by atoms with van der Waals surface area (Å²) in [7, 11) is 2.50. The van der Waals surface area contributed by atoms with Gasteiger partial charge in [-0.2, -0.15) is 0 Å². The maximum Gasteiger partial charge on any atom is 0.337 e. The second kappa shape index (κ2) is 7.39. The van der Waals surface area contributed by atoms with Crippen LogP contribution in [0.2, 0.25) is 0 Å². The number of carbonyl (C=O) groups is 3. The van der Waals surface area contributed by atoms with E-state index in [0.717, 1.165) is 12.0 Å². The van der Waals surface area contributed by atoms with E-state index in [-0.39, 0.29) is 28.9 Å². The Bertz CT molecular complexity index is 812. The zero-order chi connectivity index (χ0) is 18.7. The van der Waals surface area contributed by atoms with Crippen molar-refractivity contribution < 1.29 is 23.9 Å². The van der Waals surface area contributed by atoms with Crippen LogP contribution in [0.4, 0.5) is 5.69 Å². The van der Waals surface area contributed by atoms with Gasteiger partial charge in [0.25, 0.3) is 0 Å². The van der Waals surface area contributed by atoms with Crippen molar-refractivity contribution in [2.45, 2.75) is 12.3 Å². The molecule has 1 aliphatic rings. The van der Waals surface area contributed by atoms with Gasteiger partial charge >= 0.3 is 11.9 Å². The number of hydrogen-bond donors (Lipinski definition) is 1. The largest absolute Gasteiger partial charge is 0.465 e. The minimum absolute atomic E-state index is 0.124.